The second-order valence-electron chi connectivity index (χ2n) is 4.08. The number of nitrogens with one attached hydrogen (secondary N) is 1. The Kier molecular flexibility index (Phi) is 5.13. The van der Waals surface area contributed by atoms with Gasteiger partial charge >= 0.3 is 0 Å². The molecule has 2 aromatic rings. The predicted octanol–water partition coefficient (Wildman–Crippen LogP) is 2.41. The highest BCUT2D eigenvalue weighted by molar-refractivity contribution is 14.1. The van der Waals surface area contributed by atoms with Crippen LogP contribution >= 0.6 is 22.6 Å². The highest BCUT2D eigenvalue weighted by Gasteiger charge is 2.20. The fourth-order valence-corrected chi connectivity index (χ4v) is 2.53. The van der Waals surface area contributed by atoms with Crippen molar-refractivity contribution in [3.8, 4) is 11.8 Å². The van der Waals surface area contributed by atoms with Crippen LogP contribution in [0.5, 0.6) is 11.8 Å². The van der Waals surface area contributed by atoms with Gasteiger partial charge in [0.2, 0.25) is 11.8 Å². The first kappa shape index (κ1) is 15.0. The lowest BCUT2D eigenvalue weighted by molar-refractivity contribution is 0.353. The molecule has 0 spiro atoms. The van der Waals surface area contributed by atoms with E-state index in [2.05, 4.69) is 50.0 Å². The summed E-state index contributed by atoms with van der Waals surface area (Å²) < 4.78 is 11.6. The minimum Gasteiger partial charge on any atom is -0.480 e. The molecule has 0 saturated carbocycles. The summed E-state index contributed by atoms with van der Waals surface area (Å²) in [6.45, 7) is 0. The van der Waals surface area contributed by atoms with E-state index in [0.717, 1.165) is 11.3 Å². The van der Waals surface area contributed by atoms with Gasteiger partial charge in [0.25, 0.3) is 0 Å². The zero-order chi connectivity index (χ0) is 14.5. The Morgan fingerprint density at radius 1 is 1.25 bits per heavy atom. The Bertz CT molecular complexity index is 592. The van der Waals surface area contributed by atoms with Gasteiger partial charge in [0.1, 0.15) is 5.69 Å². The first-order valence-corrected chi connectivity index (χ1v) is 7.15. The highest BCUT2D eigenvalue weighted by Crippen LogP contribution is 2.28. The van der Waals surface area contributed by atoms with Gasteiger partial charge in [0, 0.05) is 3.57 Å². The van der Waals surface area contributed by atoms with E-state index in [-0.39, 0.29) is 6.04 Å². The number of rotatable bonds is 5. The summed E-state index contributed by atoms with van der Waals surface area (Å²) in [5.74, 6) is 0.894. The van der Waals surface area contributed by atoms with Crippen LogP contribution in [0.3, 0.4) is 0 Å². The Morgan fingerprint density at radius 2 is 2.05 bits per heavy atom. The van der Waals surface area contributed by atoms with Crippen LogP contribution < -0.4 is 14.8 Å². The average Bonchev–Trinajstić information content (AvgIpc) is 2.48. The molecule has 1 unspecified atom stereocenters. The van der Waals surface area contributed by atoms with Crippen LogP contribution in [-0.4, -0.2) is 31.2 Å². The lowest BCUT2D eigenvalue weighted by Gasteiger charge is -2.18. The molecule has 0 aliphatic heterocycles. The Labute approximate surface area is 131 Å². The van der Waals surface area contributed by atoms with Gasteiger partial charge in [-0.05, 0) is 47.3 Å². The van der Waals surface area contributed by atoms with Gasteiger partial charge in [-0.3, -0.25) is 0 Å². The summed E-state index contributed by atoms with van der Waals surface area (Å²) in [5.41, 5.74) is 1.84. The smallest absolute Gasteiger partial charge is 0.240 e. The minimum atomic E-state index is -0.0851. The molecule has 5 nitrogen and oxygen atoms in total. The number of hydrogen-bond acceptors (Lipinski definition) is 5. The molecule has 0 aliphatic rings. The number of hydrogen-bond donors (Lipinski definition) is 1. The van der Waals surface area contributed by atoms with Crippen LogP contribution in [0, 0.1) is 3.57 Å². The van der Waals surface area contributed by atoms with E-state index in [9.17, 15) is 0 Å². The summed E-state index contributed by atoms with van der Waals surface area (Å²) in [5, 5.41) is 3.25. The fraction of sp³-hybridized carbons (Fsp3) is 0.286. The predicted molar refractivity (Wildman–Crippen MR) is 85.2 cm³/mol. The van der Waals surface area contributed by atoms with Gasteiger partial charge < -0.3 is 14.8 Å². The van der Waals surface area contributed by atoms with Gasteiger partial charge in [-0.15, -0.1) is 0 Å². The quantitative estimate of drug-likeness (QED) is 0.802. The molecule has 6 heteroatoms. The van der Waals surface area contributed by atoms with Crippen molar-refractivity contribution in [3.05, 3.63) is 45.3 Å². The maximum Gasteiger partial charge on any atom is 0.240 e. The fourth-order valence-electron chi connectivity index (χ4n) is 1.96. The van der Waals surface area contributed by atoms with Crippen molar-refractivity contribution < 1.29 is 9.47 Å². The summed E-state index contributed by atoms with van der Waals surface area (Å²) in [7, 11) is 5.02. The Balaban J connectivity index is 2.46. The van der Waals surface area contributed by atoms with Crippen LogP contribution in [0.15, 0.2) is 30.5 Å². The number of halogens is 1. The third kappa shape index (κ3) is 3.18. The maximum atomic E-state index is 5.33. The van der Waals surface area contributed by atoms with E-state index >= 15 is 0 Å². The molecular weight excluding hydrogens is 369 g/mol. The topological polar surface area (TPSA) is 56.3 Å². The van der Waals surface area contributed by atoms with Crippen LogP contribution in [0.1, 0.15) is 17.3 Å². The molecule has 0 aliphatic carbocycles. The molecule has 1 aromatic heterocycles. The van der Waals surface area contributed by atoms with Crippen molar-refractivity contribution in [1.82, 2.24) is 15.3 Å². The van der Waals surface area contributed by atoms with Crippen molar-refractivity contribution in [3.63, 3.8) is 0 Å². The van der Waals surface area contributed by atoms with E-state index in [0.29, 0.717) is 11.8 Å². The standard InChI is InChI=1S/C14H16IN3O2/c1-16-12(9-5-4-6-10(15)7-9)13-14(20-3)18-11(19-2)8-17-13/h4-8,12,16H,1-3H3. The lowest BCUT2D eigenvalue weighted by Crippen LogP contribution is -2.20. The summed E-state index contributed by atoms with van der Waals surface area (Å²) in [6, 6.07) is 8.14. The van der Waals surface area contributed by atoms with Crippen molar-refractivity contribution in [1.29, 1.82) is 0 Å². The first-order valence-electron chi connectivity index (χ1n) is 6.07. The van der Waals surface area contributed by atoms with E-state index in [1.807, 2.05) is 19.2 Å². The van der Waals surface area contributed by atoms with Gasteiger partial charge in [0.15, 0.2) is 0 Å². The molecule has 0 bridgehead atoms. The molecule has 0 radical (unpaired) electrons. The molecule has 2 rings (SSSR count). The number of methoxy groups -OCH3 is 2. The first-order chi connectivity index (χ1) is 9.69. The SMILES string of the molecule is CNC(c1cccc(I)c1)c1ncc(OC)nc1OC. The zero-order valence-electron chi connectivity index (χ0n) is 11.6. The van der Waals surface area contributed by atoms with Crippen LogP contribution in [-0.2, 0) is 0 Å². The van der Waals surface area contributed by atoms with E-state index in [1.54, 1.807) is 20.4 Å². The number of nitrogens with zero attached hydrogens (tertiary/aromatic N) is 2. The molecule has 1 aromatic carbocycles. The van der Waals surface area contributed by atoms with Crippen LogP contribution in [0.4, 0.5) is 0 Å². The molecule has 1 heterocycles. The number of ether oxygens (including phenoxy) is 2. The van der Waals surface area contributed by atoms with Crippen LogP contribution in [0.2, 0.25) is 0 Å². The van der Waals surface area contributed by atoms with Gasteiger partial charge in [0.05, 0.1) is 26.5 Å². The third-order valence-corrected chi connectivity index (χ3v) is 3.56. The third-order valence-electron chi connectivity index (χ3n) is 2.89. The van der Waals surface area contributed by atoms with Crippen molar-refractivity contribution in [2.45, 2.75) is 6.04 Å². The highest BCUT2D eigenvalue weighted by atomic mass is 127. The summed E-state index contributed by atoms with van der Waals surface area (Å²) in [6.07, 6.45) is 1.59. The van der Waals surface area contributed by atoms with E-state index < -0.39 is 0 Å². The normalized spacial score (nSPS) is 12.0. The van der Waals surface area contributed by atoms with E-state index in [1.165, 1.54) is 3.57 Å². The molecule has 1 N–H and O–H groups in total. The molecule has 20 heavy (non-hydrogen) atoms. The molecule has 0 saturated heterocycles. The zero-order valence-corrected chi connectivity index (χ0v) is 13.7. The van der Waals surface area contributed by atoms with Crippen LogP contribution in [0.25, 0.3) is 0 Å². The minimum absolute atomic E-state index is 0.0851. The van der Waals surface area contributed by atoms with Crippen molar-refractivity contribution >= 4 is 22.6 Å². The van der Waals surface area contributed by atoms with Crippen molar-refractivity contribution in [2.24, 2.45) is 0 Å². The van der Waals surface area contributed by atoms with Gasteiger partial charge in [-0.2, -0.15) is 4.98 Å². The second-order valence-corrected chi connectivity index (χ2v) is 5.33. The van der Waals surface area contributed by atoms with Gasteiger partial charge in [-0.1, -0.05) is 12.1 Å². The second kappa shape index (κ2) is 6.85. The molecule has 0 amide bonds. The summed E-state index contributed by atoms with van der Waals surface area (Å²) in [4.78, 5) is 8.70. The average molecular weight is 385 g/mol. The maximum absolute atomic E-state index is 5.33. The van der Waals surface area contributed by atoms with Crippen molar-refractivity contribution in [2.75, 3.05) is 21.3 Å². The largest absolute Gasteiger partial charge is 0.480 e. The monoisotopic (exact) mass is 385 g/mol. The Hall–Kier alpha value is -1.41. The van der Waals surface area contributed by atoms with Gasteiger partial charge in [-0.25, -0.2) is 4.98 Å². The molecule has 0 fully saturated rings. The Morgan fingerprint density at radius 3 is 2.65 bits per heavy atom. The lowest BCUT2D eigenvalue weighted by atomic mass is 10.0. The molecule has 106 valence electrons. The summed E-state index contributed by atoms with van der Waals surface area (Å²) >= 11 is 2.29. The number of aromatic nitrogens is 2. The molecular formula is C14H16IN3O2. The van der Waals surface area contributed by atoms with E-state index in [4.69, 9.17) is 9.47 Å². The number of benzene rings is 1. The molecule has 1 atom stereocenters.